The van der Waals surface area contributed by atoms with Gasteiger partial charge >= 0.3 is 0 Å². The normalized spacial score (nSPS) is 25.3. The van der Waals surface area contributed by atoms with Gasteiger partial charge in [-0.15, -0.1) is 0 Å². The Labute approximate surface area is 145 Å². The van der Waals surface area contributed by atoms with Crippen molar-refractivity contribution in [2.75, 3.05) is 19.8 Å². The highest BCUT2D eigenvalue weighted by molar-refractivity contribution is 5.78. The van der Waals surface area contributed by atoms with Crippen LogP contribution in [0.4, 0.5) is 0 Å². The molecule has 2 aliphatic rings. The largest absolute Gasteiger partial charge is 0.381 e. The fourth-order valence-corrected chi connectivity index (χ4v) is 3.98. The predicted octanol–water partition coefficient (Wildman–Crippen LogP) is 2.67. The molecule has 1 amide bonds. The molecule has 1 aromatic carbocycles. The third-order valence-electron chi connectivity index (χ3n) is 5.36. The minimum atomic E-state index is 0.130. The molecule has 1 saturated carbocycles. The number of carbonyl (C=O) groups excluding carboxylic acids is 1. The number of rotatable bonds is 6. The molecule has 4 nitrogen and oxygen atoms in total. The molecule has 1 aromatic rings. The summed E-state index contributed by atoms with van der Waals surface area (Å²) in [6.45, 7) is 1.97. The molecule has 1 aliphatic heterocycles. The Hall–Kier alpha value is -1.39. The second-order valence-corrected chi connectivity index (χ2v) is 7.18. The average molecular weight is 330 g/mol. The second kappa shape index (κ2) is 9.19. The molecule has 1 heterocycles. The number of amides is 1. The van der Waals surface area contributed by atoms with Crippen LogP contribution in [0.5, 0.6) is 0 Å². The third kappa shape index (κ3) is 5.32. The highest BCUT2D eigenvalue weighted by atomic mass is 16.5. The fourth-order valence-electron chi connectivity index (χ4n) is 3.98. The van der Waals surface area contributed by atoms with E-state index in [1.165, 1.54) is 31.2 Å². The van der Waals surface area contributed by atoms with E-state index in [1.54, 1.807) is 0 Å². The van der Waals surface area contributed by atoms with E-state index in [0.717, 1.165) is 32.5 Å². The van der Waals surface area contributed by atoms with E-state index < -0.39 is 0 Å². The molecule has 0 radical (unpaired) electrons. The quantitative estimate of drug-likeness (QED) is 0.843. The maximum absolute atomic E-state index is 12.2. The van der Waals surface area contributed by atoms with Crippen molar-refractivity contribution in [2.45, 2.75) is 57.0 Å². The minimum Gasteiger partial charge on any atom is -0.381 e. The molecule has 132 valence electrons. The Morgan fingerprint density at radius 2 is 1.79 bits per heavy atom. The van der Waals surface area contributed by atoms with Gasteiger partial charge in [-0.1, -0.05) is 43.2 Å². The molecule has 0 bridgehead atoms. The van der Waals surface area contributed by atoms with E-state index in [9.17, 15) is 4.79 Å². The lowest BCUT2D eigenvalue weighted by Gasteiger charge is -2.32. The summed E-state index contributed by atoms with van der Waals surface area (Å²) in [5, 5.41) is 6.68. The van der Waals surface area contributed by atoms with Crippen molar-refractivity contribution in [3.8, 4) is 0 Å². The van der Waals surface area contributed by atoms with Gasteiger partial charge in [-0.3, -0.25) is 4.79 Å². The first kappa shape index (κ1) is 17.4. The first-order chi connectivity index (χ1) is 11.8. The zero-order valence-corrected chi connectivity index (χ0v) is 14.5. The molecular formula is C20H30N2O2. The number of ether oxygens (including phenoxy) is 1. The van der Waals surface area contributed by atoms with Gasteiger partial charge in [-0.2, -0.15) is 0 Å². The van der Waals surface area contributed by atoms with Gasteiger partial charge in [0.05, 0.1) is 6.54 Å². The van der Waals surface area contributed by atoms with Crippen LogP contribution in [0.2, 0.25) is 0 Å². The van der Waals surface area contributed by atoms with Crippen molar-refractivity contribution in [1.29, 1.82) is 0 Å². The summed E-state index contributed by atoms with van der Waals surface area (Å²) in [6, 6.07) is 11.5. The van der Waals surface area contributed by atoms with E-state index in [2.05, 4.69) is 41.0 Å². The third-order valence-corrected chi connectivity index (χ3v) is 5.36. The van der Waals surface area contributed by atoms with Crippen molar-refractivity contribution in [2.24, 2.45) is 5.92 Å². The lowest BCUT2D eigenvalue weighted by Crippen LogP contribution is -2.47. The smallest absolute Gasteiger partial charge is 0.234 e. The van der Waals surface area contributed by atoms with Crippen LogP contribution >= 0.6 is 0 Å². The monoisotopic (exact) mass is 330 g/mol. The van der Waals surface area contributed by atoms with Crippen LogP contribution in [0.3, 0.4) is 0 Å². The van der Waals surface area contributed by atoms with Crippen molar-refractivity contribution >= 4 is 5.91 Å². The van der Waals surface area contributed by atoms with Crippen LogP contribution in [0.25, 0.3) is 0 Å². The average Bonchev–Trinajstić information content (AvgIpc) is 2.63. The molecule has 3 rings (SSSR count). The Bertz CT molecular complexity index is 500. The highest BCUT2D eigenvalue weighted by Gasteiger charge is 2.25. The molecule has 2 fully saturated rings. The summed E-state index contributed by atoms with van der Waals surface area (Å²) in [7, 11) is 0. The maximum atomic E-state index is 12.2. The Morgan fingerprint density at radius 3 is 2.58 bits per heavy atom. The molecule has 2 atom stereocenters. The van der Waals surface area contributed by atoms with Gasteiger partial charge in [0.2, 0.25) is 5.91 Å². The standard InChI is InChI=1S/C20H30N2O2/c23-20(22-18-10-12-24-13-11-18)15-21-19-9-5-4-8-17(19)14-16-6-2-1-3-7-16/h1-3,6-7,17-19,21H,4-5,8-15H2,(H,22,23)/t17-,19+/m1/s1. The van der Waals surface area contributed by atoms with Gasteiger partial charge in [0.1, 0.15) is 0 Å². The summed E-state index contributed by atoms with van der Waals surface area (Å²) in [5.74, 6) is 0.767. The fraction of sp³-hybridized carbons (Fsp3) is 0.650. The van der Waals surface area contributed by atoms with Gasteiger partial charge in [0.15, 0.2) is 0 Å². The lowest BCUT2D eigenvalue weighted by atomic mass is 9.80. The number of hydrogen-bond acceptors (Lipinski definition) is 3. The summed E-state index contributed by atoms with van der Waals surface area (Å²) in [4.78, 5) is 12.2. The second-order valence-electron chi connectivity index (χ2n) is 7.18. The van der Waals surface area contributed by atoms with Crippen LogP contribution in [0, 0.1) is 5.92 Å². The molecule has 0 spiro atoms. The topological polar surface area (TPSA) is 50.4 Å². The van der Waals surface area contributed by atoms with E-state index >= 15 is 0 Å². The summed E-state index contributed by atoms with van der Waals surface area (Å²) in [6.07, 6.45) is 8.00. The van der Waals surface area contributed by atoms with Gasteiger partial charge in [-0.05, 0) is 43.6 Å². The van der Waals surface area contributed by atoms with E-state index in [-0.39, 0.29) is 5.91 Å². The van der Waals surface area contributed by atoms with Crippen LogP contribution in [-0.4, -0.2) is 37.7 Å². The molecular weight excluding hydrogens is 300 g/mol. The van der Waals surface area contributed by atoms with Crippen LogP contribution < -0.4 is 10.6 Å². The zero-order valence-electron chi connectivity index (χ0n) is 14.5. The van der Waals surface area contributed by atoms with Crippen molar-refractivity contribution in [1.82, 2.24) is 10.6 Å². The number of hydrogen-bond donors (Lipinski definition) is 2. The van der Waals surface area contributed by atoms with Crippen LogP contribution in [0.1, 0.15) is 44.1 Å². The summed E-state index contributed by atoms with van der Waals surface area (Å²) < 4.78 is 5.34. The molecule has 2 N–H and O–H groups in total. The predicted molar refractivity (Wildman–Crippen MR) is 95.9 cm³/mol. The van der Waals surface area contributed by atoms with Gasteiger partial charge in [0, 0.05) is 25.3 Å². The Balaban J connectivity index is 1.45. The van der Waals surface area contributed by atoms with Crippen molar-refractivity contribution in [3.63, 3.8) is 0 Å². The van der Waals surface area contributed by atoms with Gasteiger partial charge < -0.3 is 15.4 Å². The zero-order chi connectivity index (χ0) is 16.6. The highest BCUT2D eigenvalue weighted by Crippen LogP contribution is 2.27. The SMILES string of the molecule is O=C(CN[C@H]1CCCC[C@@H]1Cc1ccccc1)NC1CCOCC1. The minimum absolute atomic E-state index is 0.130. The Kier molecular flexibility index (Phi) is 6.67. The van der Waals surface area contributed by atoms with Crippen LogP contribution in [-0.2, 0) is 16.0 Å². The van der Waals surface area contributed by atoms with Crippen LogP contribution in [0.15, 0.2) is 30.3 Å². The molecule has 1 saturated heterocycles. The lowest BCUT2D eigenvalue weighted by molar-refractivity contribution is -0.121. The van der Waals surface area contributed by atoms with Gasteiger partial charge in [0.25, 0.3) is 0 Å². The maximum Gasteiger partial charge on any atom is 0.234 e. The number of nitrogens with one attached hydrogen (secondary N) is 2. The summed E-state index contributed by atoms with van der Waals surface area (Å²) >= 11 is 0. The van der Waals surface area contributed by atoms with Gasteiger partial charge in [-0.25, -0.2) is 0 Å². The number of carbonyl (C=O) groups is 1. The van der Waals surface area contributed by atoms with Crippen molar-refractivity contribution < 1.29 is 9.53 Å². The summed E-state index contributed by atoms with van der Waals surface area (Å²) in [5.41, 5.74) is 1.41. The first-order valence-corrected chi connectivity index (χ1v) is 9.45. The molecule has 0 unspecified atom stereocenters. The van der Waals surface area contributed by atoms with E-state index in [1.807, 2.05) is 0 Å². The molecule has 4 heteroatoms. The Morgan fingerprint density at radius 1 is 1.04 bits per heavy atom. The van der Waals surface area contributed by atoms with E-state index in [4.69, 9.17) is 4.74 Å². The van der Waals surface area contributed by atoms with Crippen molar-refractivity contribution in [3.05, 3.63) is 35.9 Å². The van der Waals surface area contributed by atoms with E-state index in [0.29, 0.717) is 24.5 Å². The first-order valence-electron chi connectivity index (χ1n) is 9.45. The molecule has 24 heavy (non-hydrogen) atoms. The number of benzene rings is 1. The molecule has 0 aromatic heterocycles. The molecule has 1 aliphatic carbocycles.